The van der Waals surface area contributed by atoms with Gasteiger partial charge in [0.15, 0.2) is 11.4 Å². The number of hydrogen-bond donors (Lipinski definition) is 2. The molecule has 0 bridgehead atoms. The number of carbonyl (C=O) groups is 1. The topological polar surface area (TPSA) is 92.4 Å². The van der Waals surface area contributed by atoms with Gasteiger partial charge in [-0.1, -0.05) is 0 Å². The van der Waals surface area contributed by atoms with Crippen LogP contribution in [0.2, 0.25) is 0 Å². The maximum atomic E-state index is 13.1. The first-order chi connectivity index (χ1) is 14.7. The van der Waals surface area contributed by atoms with Crippen LogP contribution in [0.5, 0.6) is 11.5 Å². The number of aromatic amines is 1. The first-order valence-electron chi connectivity index (χ1n) is 10.0. The average molecular weight is 405 g/mol. The summed E-state index contributed by atoms with van der Waals surface area (Å²) in [4.78, 5) is 19.7. The zero-order chi connectivity index (χ0) is 20.7. The number of aromatic nitrogens is 3. The molecule has 0 aliphatic carbocycles. The minimum Gasteiger partial charge on any atom is -0.496 e. The molecule has 0 spiro atoms. The van der Waals surface area contributed by atoms with E-state index in [1.165, 1.54) is 0 Å². The van der Waals surface area contributed by atoms with Crippen molar-refractivity contribution in [3.8, 4) is 11.5 Å². The van der Waals surface area contributed by atoms with Gasteiger partial charge in [0.25, 0.3) is 0 Å². The van der Waals surface area contributed by atoms with E-state index in [1.54, 1.807) is 25.4 Å². The van der Waals surface area contributed by atoms with Gasteiger partial charge < -0.3 is 14.8 Å². The number of hydrogen-bond acceptors (Lipinski definition) is 7. The third-order valence-corrected chi connectivity index (χ3v) is 5.75. The molecule has 30 heavy (non-hydrogen) atoms. The summed E-state index contributed by atoms with van der Waals surface area (Å²) < 4.78 is 11.7. The summed E-state index contributed by atoms with van der Waals surface area (Å²) in [5.74, 6) is 1.41. The number of nitrogens with one attached hydrogen (secondary N) is 2. The summed E-state index contributed by atoms with van der Waals surface area (Å²) in [6, 6.07) is 7.74. The Morgan fingerprint density at radius 3 is 3.10 bits per heavy atom. The molecule has 1 fully saturated rings. The molecule has 2 N–H and O–H groups in total. The monoisotopic (exact) mass is 405 g/mol. The minimum atomic E-state index is -0.151. The number of methoxy groups -OCH3 is 1. The fraction of sp³-hybridized carbons (Fsp3) is 0.318. The molecule has 2 aromatic heterocycles. The smallest absolute Gasteiger partial charge is 0.232 e. The predicted molar refractivity (Wildman–Crippen MR) is 113 cm³/mol. The number of rotatable bonds is 4. The second-order valence-corrected chi connectivity index (χ2v) is 7.59. The van der Waals surface area contributed by atoms with Crippen molar-refractivity contribution in [2.24, 2.45) is 0 Å². The van der Waals surface area contributed by atoms with Gasteiger partial charge in [0.05, 0.1) is 23.9 Å². The minimum absolute atomic E-state index is 0.151. The highest BCUT2D eigenvalue weighted by atomic mass is 16.5. The molecule has 0 amide bonds. The molecule has 0 saturated carbocycles. The molecule has 1 saturated heterocycles. The second kappa shape index (κ2) is 7.55. The average Bonchev–Trinajstić information content (AvgIpc) is 3.32. The Morgan fingerprint density at radius 1 is 1.37 bits per heavy atom. The Bertz CT molecular complexity index is 1150. The lowest BCUT2D eigenvalue weighted by molar-refractivity contribution is 0.101. The summed E-state index contributed by atoms with van der Waals surface area (Å²) in [5.41, 5.74) is 2.74. The number of allylic oxidation sites excluding steroid dienone is 1. The van der Waals surface area contributed by atoms with Crippen molar-refractivity contribution in [1.29, 1.82) is 0 Å². The van der Waals surface area contributed by atoms with Gasteiger partial charge in [-0.05, 0) is 31.2 Å². The SMILES string of the molecule is COc1ccc2c(c1CN1CCNC[C@@H]1C)O/C(=C\c1n[nH]c3ncccc13)C2=O. The van der Waals surface area contributed by atoms with Gasteiger partial charge in [0.2, 0.25) is 5.78 Å². The molecular weight excluding hydrogens is 382 g/mol. The molecule has 154 valence electrons. The van der Waals surface area contributed by atoms with E-state index in [0.717, 1.165) is 36.3 Å². The van der Waals surface area contributed by atoms with E-state index in [9.17, 15) is 4.79 Å². The molecular formula is C22H23N5O3. The highest BCUT2D eigenvalue weighted by molar-refractivity contribution is 6.15. The molecule has 8 heteroatoms. The second-order valence-electron chi connectivity index (χ2n) is 7.59. The van der Waals surface area contributed by atoms with E-state index >= 15 is 0 Å². The molecule has 5 rings (SSSR count). The van der Waals surface area contributed by atoms with Crippen LogP contribution in [-0.2, 0) is 6.54 Å². The third kappa shape index (κ3) is 3.14. The van der Waals surface area contributed by atoms with Gasteiger partial charge in [-0.3, -0.25) is 14.8 Å². The van der Waals surface area contributed by atoms with Crippen molar-refractivity contribution in [3.63, 3.8) is 0 Å². The normalized spacial score (nSPS) is 20.5. The van der Waals surface area contributed by atoms with Crippen LogP contribution >= 0.6 is 0 Å². The molecule has 8 nitrogen and oxygen atoms in total. The molecule has 1 aromatic carbocycles. The van der Waals surface area contributed by atoms with E-state index in [1.807, 2.05) is 18.2 Å². The molecule has 0 unspecified atom stereocenters. The van der Waals surface area contributed by atoms with Crippen molar-refractivity contribution in [2.45, 2.75) is 19.5 Å². The number of H-pyrrole nitrogens is 1. The molecule has 2 aliphatic heterocycles. The van der Waals surface area contributed by atoms with Gasteiger partial charge in [-0.15, -0.1) is 0 Å². The highest BCUT2D eigenvalue weighted by Crippen LogP contribution is 2.41. The van der Waals surface area contributed by atoms with Crippen molar-refractivity contribution < 1.29 is 14.3 Å². The number of piperazine rings is 1. The standard InChI is InChI=1S/C22H23N5O3/c1-13-11-23-8-9-27(13)12-16-18(29-2)6-5-15-20(28)19(30-21(15)16)10-17-14-4-3-7-24-22(14)26-25-17/h3-7,10,13,23H,8-9,11-12H2,1-2H3,(H,24,25,26)/b19-10-/t13-/m0/s1. The lowest BCUT2D eigenvalue weighted by Crippen LogP contribution is -2.49. The quantitative estimate of drug-likeness (QED) is 0.644. The summed E-state index contributed by atoms with van der Waals surface area (Å²) >= 11 is 0. The van der Waals surface area contributed by atoms with Crippen LogP contribution in [-0.4, -0.2) is 58.7 Å². The number of benzene rings is 1. The fourth-order valence-corrected chi connectivity index (χ4v) is 4.06. The van der Waals surface area contributed by atoms with Gasteiger partial charge in [0.1, 0.15) is 11.5 Å². The van der Waals surface area contributed by atoms with Crippen LogP contribution in [0.25, 0.3) is 17.1 Å². The zero-order valence-electron chi connectivity index (χ0n) is 16.9. The van der Waals surface area contributed by atoms with E-state index in [2.05, 4.69) is 32.3 Å². The van der Waals surface area contributed by atoms with Gasteiger partial charge in [0, 0.05) is 49.9 Å². The molecule has 4 heterocycles. The van der Waals surface area contributed by atoms with Crippen molar-refractivity contribution in [3.05, 3.63) is 53.0 Å². The van der Waals surface area contributed by atoms with Gasteiger partial charge >= 0.3 is 0 Å². The van der Waals surface area contributed by atoms with Crippen LogP contribution in [0.1, 0.15) is 28.5 Å². The summed E-state index contributed by atoms with van der Waals surface area (Å²) in [5, 5.41) is 11.4. The molecule has 0 radical (unpaired) electrons. The fourth-order valence-electron chi connectivity index (χ4n) is 4.06. The first-order valence-corrected chi connectivity index (χ1v) is 10.0. The van der Waals surface area contributed by atoms with E-state index in [0.29, 0.717) is 35.2 Å². The molecule has 2 aliphatic rings. The van der Waals surface area contributed by atoms with E-state index < -0.39 is 0 Å². The van der Waals surface area contributed by atoms with Crippen molar-refractivity contribution in [1.82, 2.24) is 25.4 Å². The van der Waals surface area contributed by atoms with Crippen LogP contribution in [0.4, 0.5) is 0 Å². The molecule has 1 atom stereocenters. The Labute approximate surface area is 173 Å². The van der Waals surface area contributed by atoms with Crippen LogP contribution in [0.15, 0.2) is 36.2 Å². The summed E-state index contributed by atoms with van der Waals surface area (Å²) in [6.45, 7) is 5.65. The number of Topliss-reactive ketones (excluding diaryl/α,β-unsaturated/α-hetero) is 1. The van der Waals surface area contributed by atoms with Crippen LogP contribution in [0, 0.1) is 0 Å². The number of nitrogens with zero attached hydrogens (tertiary/aromatic N) is 3. The zero-order valence-corrected chi connectivity index (χ0v) is 16.9. The maximum absolute atomic E-state index is 13.1. The predicted octanol–water partition coefficient (Wildman–Crippen LogP) is 2.38. The molecule has 3 aromatic rings. The third-order valence-electron chi connectivity index (χ3n) is 5.75. The lowest BCUT2D eigenvalue weighted by Gasteiger charge is -2.34. The number of pyridine rings is 1. The number of ether oxygens (including phenoxy) is 2. The maximum Gasteiger partial charge on any atom is 0.232 e. The van der Waals surface area contributed by atoms with Gasteiger partial charge in [-0.2, -0.15) is 5.10 Å². The first kappa shape index (κ1) is 18.8. The Balaban J connectivity index is 1.52. The largest absolute Gasteiger partial charge is 0.496 e. The Kier molecular flexibility index (Phi) is 4.72. The lowest BCUT2D eigenvalue weighted by atomic mass is 10.0. The summed E-state index contributed by atoms with van der Waals surface area (Å²) in [7, 11) is 1.64. The number of carbonyl (C=O) groups excluding carboxylic acids is 1. The van der Waals surface area contributed by atoms with Crippen LogP contribution in [0.3, 0.4) is 0 Å². The van der Waals surface area contributed by atoms with E-state index in [4.69, 9.17) is 9.47 Å². The van der Waals surface area contributed by atoms with Crippen molar-refractivity contribution in [2.75, 3.05) is 26.7 Å². The Morgan fingerprint density at radius 2 is 2.27 bits per heavy atom. The number of ketones is 1. The number of fused-ring (bicyclic) bond motifs is 2. The Hall–Kier alpha value is -3.23. The van der Waals surface area contributed by atoms with E-state index in [-0.39, 0.29) is 11.5 Å². The highest BCUT2D eigenvalue weighted by Gasteiger charge is 2.33. The van der Waals surface area contributed by atoms with Crippen LogP contribution < -0.4 is 14.8 Å². The van der Waals surface area contributed by atoms with Gasteiger partial charge in [-0.25, -0.2) is 4.98 Å². The summed E-state index contributed by atoms with van der Waals surface area (Å²) in [6.07, 6.45) is 3.37. The van der Waals surface area contributed by atoms with Crippen molar-refractivity contribution >= 4 is 22.9 Å².